The third-order valence-electron chi connectivity index (χ3n) is 6.03. The van der Waals surface area contributed by atoms with E-state index >= 15 is 0 Å². The van der Waals surface area contributed by atoms with Gasteiger partial charge in [-0.05, 0) is 51.0 Å². The first-order valence-corrected chi connectivity index (χ1v) is 10.3. The van der Waals surface area contributed by atoms with Crippen molar-refractivity contribution in [3.05, 3.63) is 18.1 Å². The number of amides is 2. The van der Waals surface area contributed by atoms with Gasteiger partial charge in [0, 0.05) is 38.1 Å². The van der Waals surface area contributed by atoms with Crippen LogP contribution in [0.3, 0.4) is 0 Å². The SMILES string of the molecule is O=C(N1CCCCC1)N1CCC(Nc2cc(C3CC3)nn3cnnc23)CC1. The summed E-state index contributed by atoms with van der Waals surface area (Å²) in [4.78, 5) is 16.7. The lowest BCUT2D eigenvalue weighted by atomic mass is 10.0. The molecule has 27 heavy (non-hydrogen) atoms. The Kier molecular flexibility index (Phi) is 4.33. The number of likely N-dealkylation sites (tertiary alicyclic amines) is 2. The Balaban J connectivity index is 1.23. The van der Waals surface area contributed by atoms with E-state index in [1.165, 1.54) is 19.3 Å². The molecule has 2 saturated heterocycles. The normalized spacial score (nSPS) is 21.6. The van der Waals surface area contributed by atoms with Crippen LogP contribution in [-0.2, 0) is 0 Å². The maximum atomic E-state index is 12.7. The second-order valence-corrected chi connectivity index (χ2v) is 8.09. The van der Waals surface area contributed by atoms with Crippen LogP contribution in [0.5, 0.6) is 0 Å². The molecule has 0 aromatic carbocycles. The number of fused-ring (bicyclic) bond motifs is 1. The van der Waals surface area contributed by atoms with Crippen LogP contribution in [-0.4, -0.2) is 67.9 Å². The van der Waals surface area contributed by atoms with E-state index in [1.807, 2.05) is 9.80 Å². The smallest absolute Gasteiger partial charge is 0.319 e. The number of urea groups is 1. The number of hydrogen-bond donors (Lipinski definition) is 1. The van der Waals surface area contributed by atoms with Crippen molar-refractivity contribution >= 4 is 17.4 Å². The number of piperidine rings is 2. The molecule has 1 saturated carbocycles. The third-order valence-corrected chi connectivity index (χ3v) is 6.03. The Morgan fingerprint density at radius 3 is 2.48 bits per heavy atom. The molecule has 144 valence electrons. The van der Waals surface area contributed by atoms with E-state index in [-0.39, 0.29) is 6.03 Å². The van der Waals surface area contributed by atoms with E-state index in [0.717, 1.165) is 68.9 Å². The van der Waals surface area contributed by atoms with Crippen LogP contribution in [0.1, 0.15) is 56.6 Å². The summed E-state index contributed by atoms with van der Waals surface area (Å²) in [6.07, 6.45) is 9.57. The van der Waals surface area contributed by atoms with Gasteiger partial charge >= 0.3 is 6.03 Å². The lowest BCUT2D eigenvalue weighted by Gasteiger charge is -2.37. The fraction of sp³-hybridized carbons (Fsp3) is 0.684. The van der Waals surface area contributed by atoms with Crippen molar-refractivity contribution in [3.8, 4) is 0 Å². The standard InChI is InChI=1S/C19H27N7O/c27-19(24-8-2-1-3-9-24)25-10-6-15(7-11-25)21-17-12-16(14-4-5-14)23-26-13-20-22-18(17)26/h12-15,21H,1-11H2. The molecule has 2 aliphatic heterocycles. The molecule has 0 bridgehead atoms. The second kappa shape index (κ2) is 6.98. The van der Waals surface area contributed by atoms with Gasteiger partial charge in [-0.3, -0.25) is 0 Å². The monoisotopic (exact) mass is 369 g/mol. The summed E-state index contributed by atoms with van der Waals surface area (Å²) in [7, 11) is 0. The molecule has 1 N–H and O–H groups in total. The van der Waals surface area contributed by atoms with Crippen molar-refractivity contribution in [2.75, 3.05) is 31.5 Å². The van der Waals surface area contributed by atoms with Gasteiger partial charge in [-0.25, -0.2) is 4.79 Å². The summed E-state index contributed by atoms with van der Waals surface area (Å²) >= 11 is 0. The second-order valence-electron chi connectivity index (χ2n) is 8.09. The predicted octanol–water partition coefficient (Wildman–Crippen LogP) is 2.48. The molecular formula is C19H27N7O. The number of hydrogen-bond acceptors (Lipinski definition) is 5. The molecule has 2 aromatic rings. The van der Waals surface area contributed by atoms with Gasteiger partial charge in [0.1, 0.15) is 6.33 Å². The molecule has 2 aromatic heterocycles. The number of nitrogens with zero attached hydrogens (tertiary/aromatic N) is 6. The van der Waals surface area contributed by atoms with Crippen LogP contribution in [0.15, 0.2) is 12.4 Å². The number of carbonyl (C=O) groups is 1. The first kappa shape index (κ1) is 16.8. The highest BCUT2D eigenvalue weighted by molar-refractivity contribution is 5.74. The van der Waals surface area contributed by atoms with Crippen LogP contribution in [0.25, 0.3) is 5.65 Å². The minimum Gasteiger partial charge on any atom is -0.379 e. The van der Waals surface area contributed by atoms with E-state index in [9.17, 15) is 4.79 Å². The summed E-state index contributed by atoms with van der Waals surface area (Å²) in [5, 5.41) is 16.5. The molecule has 0 unspecified atom stereocenters. The van der Waals surface area contributed by atoms with Crippen molar-refractivity contribution in [1.82, 2.24) is 29.6 Å². The molecule has 4 heterocycles. The maximum absolute atomic E-state index is 12.7. The Hall–Kier alpha value is -2.38. The molecule has 8 heteroatoms. The van der Waals surface area contributed by atoms with E-state index in [2.05, 4.69) is 26.7 Å². The zero-order valence-corrected chi connectivity index (χ0v) is 15.7. The summed E-state index contributed by atoms with van der Waals surface area (Å²) in [5.74, 6) is 0.585. The predicted molar refractivity (Wildman–Crippen MR) is 102 cm³/mol. The molecule has 0 radical (unpaired) electrons. The number of aromatic nitrogens is 4. The van der Waals surface area contributed by atoms with Crippen molar-refractivity contribution < 1.29 is 4.79 Å². The van der Waals surface area contributed by atoms with Crippen molar-refractivity contribution in [2.24, 2.45) is 0 Å². The highest BCUT2D eigenvalue weighted by Crippen LogP contribution is 2.40. The molecule has 3 aliphatic rings. The zero-order chi connectivity index (χ0) is 18.2. The van der Waals surface area contributed by atoms with Crippen LogP contribution < -0.4 is 5.32 Å². The van der Waals surface area contributed by atoms with Crippen molar-refractivity contribution in [1.29, 1.82) is 0 Å². The van der Waals surface area contributed by atoms with E-state index < -0.39 is 0 Å². The molecule has 1 aliphatic carbocycles. The number of rotatable bonds is 3. The Labute approximate surface area is 158 Å². The maximum Gasteiger partial charge on any atom is 0.319 e. The summed E-state index contributed by atoms with van der Waals surface area (Å²) < 4.78 is 1.78. The average molecular weight is 369 g/mol. The molecule has 2 amide bonds. The van der Waals surface area contributed by atoms with Crippen LogP contribution in [0, 0.1) is 0 Å². The summed E-state index contributed by atoms with van der Waals surface area (Å²) in [6.45, 7) is 3.47. The van der Waals surface area contributed by atoms with Gasteiger partial charge in [-0.2, -0.15) is 9.61 Å². The Bertz CT molecular complexity index is 817. The highest BCUT2D eigenvalue weighted by atomic mass is 16.2. The number of carbonyl (C=O) groups excluding carboxylic acids is 1. The molecule has 3 fully saturated rings. The van der Waals surface area contributed by atoms with Crippen molar-refractivity contribution in [2.45, 2.75) is 56.9 Å². The molecule has 5 rings (SSSR count). The Morgan fingerprint density at radius 2 is 1.74 bits per heavy atom. The third kappa shape index (κ3) is 3.44. The minimum atomic E-state index is 0.230. The van der Waals surface area contributed by atoms with Crippen LogP contribution in [0.2, 0.25) is 0 Å². The topological polar surface area (TPSA) is 78.7 Å². The number of anilines is 1. The highest BCUT2D eigenvalue weighted by Gasteiger charge is 2.29. The van der Waals surface area contributed by atoms with Crippen LogP contribution in [0.4, 0.5) is 10.5 Å². The van der Waals surface area contributed by atoms with Gasteiger partial charge in [0.05, 0.1) is 11.4 Å². The first-order valence-electron chi connectivity index (χ1n) is 10.3. The van der Waals surface area contributed by atoms with E-state index in [0.29, 0.717) is 12.0 Å². The van der Waals surface area contributed by atoms with Gasteiger partial charge < -0.3 is 15.1 Å². The van der Waals surface area contributed by atoms with Gasteiger partial charge in [0.2, 0.25) is 5.65 Å². The lowest BCUT2D eigenvalue weighted by Crippen LogP contribution is -2.49. The average Bonchev–Trinajstić information content (AvgIpc) is 3.46. The molecule has 0 atom stereocenters. The quantitative estimate of drug-likeness (QED) is 0.899. The van der Waals surface area contributed by atoms with Gasteiger partial charge in [-0.1, -0.05) is 0 Å². The van der Waals surface area contributed by atoms with Gasteiger partial charge in [0.15, 0.2) is 0 Å². The summed E-state index contributed by atoms with van der Waals surface area (Å²) in [6, 6.07) is 2.73. The zero-order valence-electron chi connectivity index (χ0n) is 15.7. The molecule has 8 nitrogen and oxygen atoms in total. The minimum absolute atomic E-state index is 0.230. The fourth-order valence-electron chi connectivity index (χ4n) is 4.25. The first-order chi connectivity index (χ1) is 13.3. The van der Waals surface area contributed by atoms with E-state index in [4.69, 9.17) is 0 Å². The molecule has 0 spiro atoms. The van der Waals surface area contributed by atoms with Gasteiger partial charge in [-0.15, -0.1) is 10.2 Å². The van der Waals surface area contributed by atoms with Gasteiger partial charge in [0.25, 0.3) is 0 Å². The summed E-state index contributed by atoms with van der Waals surface area (Å²) in [5.41, 5.74) is 2.93. The molecular weight excluding hydrogens is 342 g/mol. The van der Waals surface area contributed by atoms with E-state index in [1.54, 1.807) is 10.8 Å². The fourth-order valence-corrected chi connectivity index (χ4v) is 4.25. The van der Waals surface area contributed by atoms with Crippen LogP contribution >= 0.6 is 0 Å². The number of nitrogens with one attached hydrogen (secondary N) is 1. The largest absolute Gasteiger partial charge is 0.379 e. The van der Waals surface area contributed by atoms with Crippen molar-refractivity contribution in [3.63, 3.8) is 0 Å². The Morgan fingerprint density at radius 1 is 1.00 bits per heavy atom. The lowest BCUT2D eigenvalue weighted by molar-refractivity contribution is 0.133.